The van der Waals surface area contributed by atoms with Gasteiger partial charge in [0, 0.05) is 25.8 Å². The van der Waals surface area contributed by atoms with Gasteiger partial charge in [-0.25, -0.2) is 9.97 Å². The van der Waals surface area contributed by atoms with Crippen molar-refractivity contribution >= 4 is 11.5 Å². The highest BCUT2D eigenvalue weighted by Gasteiger charge is 2.06. The molecule has 0 unspecified atom stereocenters. The number of rotatable bonds is 5. The van der Waals surface area contributed by atoms with E-state index in [4.69, 9.17) is 4.74 Å². The molecule has 6 nitrogen and oxygen atoms in total. The first kappa shape index (κ1) is 11.5. The first-order valence-electron chi connectivity index (χ1n) is 5.30. The second-order valence-corrected chi connectivity index (χ2v) is 3.54. The topological polar surface area (TPSA) is 75.7 Å². The molecule has 2 aromatic heterocycles. The zero-order chi connectivity index (χ0) is 12.1. The van der Waals surface area contributed by atoms with Crippen LogP contribution in [0, 0.1) is 13.1 Å². The molecule has 2 heterocycles. The molecule has 0 fully saturated rings. The van der Waals surface area contributed by atoms with Gasteiger partial charge in [-0.3, -0.25) is 5.10 Å². The van der Waals surface area contributed by atoms with Crippen LogP contribution in [0.3, 0.4) is 0 Å². The minimum atomic E-state index is 0.633. The van der Waals surface area contributed by atoms with Crippen LogP contribution in [0.25, 0.3) is 0 Å². The molecular formula is C11H14N5O. The molecule has 0 aliphatic rings. The maximum atomic E-state index is 5.03. The van der Waals surface area contributed by atoms with Crippen LogP contribution >= 0.6 is 0 Å². The van der Waals surface area contributed by atoms with Crippen LogP contribution in [0.15, 0.2) is 12.3 Å². The molecule has 0 aliphatic heterocycles. The maximum Gasteiger partial charge on any atom is 0.134 e. The summed E-state index contributed by atoms with van der Waals surface area (Å²) < 4.78 is 5.03. The van der Waals surface area contributed by atoms with Crippen LogP contribution in [0.5, 0.6) is 0 Å². The molecule has 89 valence electrons. The Hall–Kier alpha value is -1.95. The average molecular weight is 232 g/mol. The number of hydrogen-bond donors (Lipinski definition) is 2. The number of H-pyrrole nitrogens is 1. The fraction of sp³-hybridized carbons (Fsp3) is 0.364. The van der Waals surface area contributed by atoms with Crippen LogP contribution in [-0.2, 0) is 11.2 Å². The Morgan fingerprint density at radius 2 is 2.41 bits per heavy atom. The summed E-state index contributed by atoms with van der Waals surface area (Å²) >= 11 is 0. The van der Waals surface area contributed by atoms with Crippen molar-refractivity contribution in [1.29, 1.82) is 0 Å². The SMILES string of the molecule is COCCc1n[nH]cc1Nc1c[c]nc(C)n1. The molecule has 0 saturated heterocycles. The zero-order valence-corrected chi connectivity index (χ0v) is 9.82. The van der Waals surface area contributed by atoms with E-state index in [9.17, 15) is 0 Å². The number of methoxy groups -OCH3 is 1. The Morgan fingerprint density at radius 3 is 3.18 bits per heavy atom. The quantitative estimate of drug-likeness (QED) is 0.811. The number of ether oxygens (including phenoxy) is 1. The molecule has 0 amide bonds. The van der Waals surface area contributed by atoms with Gasteiger partial charge in [0.25, 0.3) is 0 Å². The van der Waals surface area contributed by atoms with Crippen molar-refractivity contribution in [3.05, 3.63) is 30.0 Å². The molecule has 0 bridgehead atoms. The Balaban J connectivity index is 2.10. The monoisotopic (exact) mass is 232 g/mol. The van der Waals surface area contributed by atoms with Crippen molar-refractivity contribution in [3.8, 4) is 0 Å². The number of anilines is 2. The summed E-state index contributed by atoms with van der Waals surface area (Å²) in [6.45, 7) is 2.46. The molecular weight excluding hydrogens is 218 g/mol. The third kappa shape index (κ3) is 3.01. The first-order chi connectivity index (χ1) is 8.29. The second-order valence-electron chi connectivity index (χ2n) is 3.54. The van der Waals surface area contributed by atoms with Crippen LogP contribution in [0.4, 0.5) is 11.5 Å². The van der Waals surface area contributed by atoms with E-state index in [1.165, 1.54) is 0 Å². The summed E-state index contributed by atoms with van der Waals surface area (Å²) in [5, 5.41) is 10.1. The third-order valence-electron chi connectivity index (χ3n) is 2.23. The van der Waals surface area contributed by atoms with Crippen molar-refractivity contribution in [2.45, 2.75) is 13.3 Å². The highest BCUT2D eigenvalue weighted by Crippen LogP contribution is 2.17. The van der Waals surface area contributed by atoms with E-state index in [2.05, 4.69) is 31.7 Å². The second kappa shape index (κ2) is 5.40. The third-order valence-corrected chi connectivity index (χ3v) is 2.23. The Labute approximate surface area is 99.4 Å². The lowest BCUT2D eigenvalue weighted by atomic mass is 10.3. The van der Waals surface area contributed by atoms with Gasteiger partial charge in [0.2, 0.25) is 0 Å². The predicted molar refractivity (Wildman–Crippen MR) is 63.1 cm³/mol. The number of aryl methyl sites for hydroxylation is 1. The zero-order valence-electron chi connectivity index (χ0n) is 9.82. The van der Waals surface area contributed by atoms with E-state index in [1.54, 1.807) is 19.4 Å². The number of hydrogen-bond acceptors (Lipinski definition) is 5. The van der Waals surface area contributed by atoms with Gasteiger partial charge in [0.05, 0.1) is 24.2 Å². The summed E-state index contributed by atoms with van der Waals surface area (Å²) in [5.74, 6) is 1.38. The lowest BCUT2D eigenvalue weighted by molar-refractivity contribution is 0.201. The Bertz CT molecular complexity index is 482. The van der Waals surface area contributed by atoms with Gasteiger partial charge < -0.3 is 10.1 Å². The molecule has 0 aliphatic carbocycles. The van der Waals surface area contributed by atoms with Crippen molar-refractivity contribution in [1.82, 2.24) is 20.2 Å². The number of nitrogens with one attached hydrogen (secondary N) is 2. The number of nitrogens with zero attached hydrogens (tertiary/aromatic N) is 3. The molecule has 6 heteroatoms. The molecule has 0 atom stereocenters. The van der Waals surface area contributed by atoms with E-state index >= 15 is 0 Å². The van der Waals surface area contributed by atoms with Gasteiger partial charge in [-0.1, -0.05) is 0 Å². The van der Waals surface area contributed by atoms with E-state index in [0.717, 1.165) is 17.8 Å². The Kier molecular flexibility index (Phi) is 3.66. The maximum absolute atomic E-state index is 5.03. The van der Waals surface area contributed by atoms with Crippen LogP contribution in [0.2, 0.25) is 0 Å². The summed E-state index contributed by atoms with van der Waals surface area (Å²) in [6, 6.07) is 1.69. The van der Waals surface area contributed by atoms with Gasteiger partial charge in [0.1, 0.15) is 11.6 Å². The lowest BCUT2D eigenvalue weighted by Crippen LogP contribution is -2.01. The fourth-order valence-electron chi connectivity index (χ4n) is 1.44. The summed E-state index contributed by atoms with van der Waals surface area (Å²) in [5.41, 5.74) is 1.82. The largest absolute Gasteiger partial charge is 0.384 e. The van der Waals surface area contributed by atoms with E-state index in [0.29, 0.717) is 18.2 Å². The number of aromatic nitrogens is 4. The molecule has 2 N–H and O–H groups in total. The van der Waals surface area contributed by atoms with E-state index in [-0.39, 0.29) is 0 Å². The lowest BCUT2D eigenvalue weighted by Gasteiger charge is -2.05. The molecule has 17 heavy (non-hydrogen) atoms. The van der Waals surface area contributed by atoms with Crippen molar-refractivity contribution < 1.29 is 4.74 Å². The minimum absolute atomic E-state index is 0.633. The standard InChI is InChI=1S/C11H14N5O/c1-8-12-5-3-11(14-8)15-10-7-13-16-9(10)4-6-17-2/h3,7H,4,6H2,1-2H3,(H,13,16)(H,12,14,15). The van der Waals surface area contributed by atoms with Crippen molar-refractivity contribution in [2.24, 2.45) is 0 Å². The number of aromatic amines is 1. The first-order valence-corrected chi connectivity index (χ1v) is 5.30. The van der Waals surface area contributed by atoms with Gasteiger partial charge in [-0.15, -0.1) is 0 Å². The van der Waals surface area contributed by atoms with Crippen LogP contribution < -0.4 is 5.32 Å². The molecule has 0 spiro atoms. The van der Waals surface area contributed by atoms with Crippen LogP contribution in [-0.4, -0.2) is 33.9 Å². The summed E-state index contributed by atoms with van der Waals surface area (Å²) in [7, 11) is 1.67. The highest BCUT2D eigenvalue weighted by molar-refractivity contribution is 5.57. The van der Waals surface area contributed by atoms with E-state index < -0.39 is 0 Å². The van der Waals surface area contributed by atoms with E-state index in [1.807, 2.05) is 6.92 Å². The van der Waals surface area contributed by atoms with Crippen molar-refractivity contribution in [2.75, 3.05) is 19.0 Å². The predicted octanol–water partition coefficient (Wildman–Crippen LogP) is 1.24. The van der Waals surface area contributed by atoms with Gasteiger partial charge in [-0.05, 0) is 6.92 Å². The van der Waals surface area contributed by atoms with Crippen molar-refractivity contribution in [3.63, 3.8) is 0 Å². The molecule has 0 aromatic carbocycles. The highest BCUT2D eigenvalue weighted by atomic mass is 16.5. The average Bonchev–Trinajstić information content (AvgIpc) is 2.74. The molecule has 2 aromatic rings. The smallest absolute Gasteiger partial charge is 0.134 e. The van der Waals surface area contributed by atoms with Gasteiger partial charge >= 0.3 is 0 Å². The van der Waals surface area contributed by atoms with Gasteiger partial charge in [-0.2, -0.15) is 5.10 Å². The molecule has 1 radical (unpaired) electrons. The Morgan fingerprint density at radius 1 is 1.53 bits per heavy atom. The minimum Gasteiger partial charge on any atom is -0.384 e. The summed E-state index contributed by atoms with van der Waals surface area (Å²) in [4.78, 5) is 8.16. The molecule has 2 rings (SSSR count). The summed E-state index contributed by atoms with van der Waals surface area (Å²) in [6.07, 6.45) is 5.31. The normalized spacial score (nSPS) is 10.5. The van der Waals surface area contributed by atoms with Gasteiger partial charge in [0.15, 0.2) is 0 Å². The fourth-order valence-corrected chi connectivity index (χ4v) is 1.44. The molecule has 0 saturated carbocycles. The van der Waals surface area contributed by atoms with Crippen LogP contribution in [0.1, 0.15) is 11.5 Å².